The summed E-state index contributed by atoms with van der Waals surface area (Å²) in [4.78, 5) is 18.8. The fourth-order valence-corrected chi connectivity index (χ4v) is 3.24. The Hall–Kier alpha value is -2.11. The zero-order valence-corrected chi connectivity index (χ0v) is 13.4. The third kappa shape index (κ3) is 2.77. The smallest absolute Gasteiger partial charge is 0.245 e. The Balaban J connectivity index is 1.72. The highest BCUT2D eigenvalue weighted by Gasteiger charge is 2.32. The first kappa shape index (κ1) is 14.8. The van der Waals surface area contributed by atoms with Crippen molar-refractivity contribution in [3.05, 3.63) is 36.2 Å². The van der Waals surface area contributed by atoms with Gasteiger partial charge < -0.3 is 9.47 Å². The Morgan fingerprint density at radius 2 is 2.27 bits per heavy atom. The number of carbonyl (C=O) groups is 1. The van der Waals surface area contributed by atoms with Crippen molar-refractivity contribution in [3.63, 3.8) is 0 Å². The monoisotopic (exact) mass is 301 g/mol. The van der Waals surface area contributed by atoms with Crippen molar-refractivity contribution in [2.45, 2.75) is 52.2 Å². The molecule has 2 unspecified atom stereocenters. The van der Waals surface area contributed by atoms with Gasteiger partial charge in [-0.3, -0.25) is 9.48 Å². The highest BCUT2D eigenvalue weighted by Crippen LogP contribution is 2.23. The number of hydrogen-bond donors (Lipinski definition) is 0. The van der Waals surface area contributed by atoms with Gasteiger partial charge in [0.05, 0.1) is 24.6 Å². The van der Waals surface area contributed by atoms with Crippen molar-refractivity contribution in [1.29, 1.82) is 0 Å². The second-order valence-corrected chi connectivity index (χ2v) is 6.12. The van der Waals surface area contributed by atoms with Crippen LogP contribution in [0.2, 0.25) is 0 Å². The number of amides is 1. The zero-order valence-electron chi connectivity index (χ0n) is 13.4. The molecule has 0 spiro atoms. The number of hydrogen-bond acceptors (Lipinski definition) is 3. The molecule has 0 aromatic carbocycles. The van der Waals surface area contributed by atoms with Crippen LogP contribution in [0, 0.1) is 13.8 Å². The Morgan fingerprint density at radius 3 is 2.91 bits per heavy atom. The van der Waals surface area contributed by atoms with Crippen LogP contribution in [0.1, 0.15) is 37.2 Å². The average molecular weight is 301 g/mol. The Kier molecular flexibility index (Phi) is 4.00. The summed E-state index contributed by atoms with van der Waals surface area (Å²) in [7, 11) is 0. The molecule has 0 aliphatic carbocycles. The van der Waals surface area contributed by atoms with Crippen molar-refractivity contribution in [2.24, 2.45) is 0 Å². The molecule has 2 aromatic rings. The van der Waals surface area contributed by atoms with Gasteiger partial charge in [0.1, 0.15) is 6.04 Å². The summed E-state index contributed by atoms with van der Waals surface area (Å²) in [5, 5.41) is 4.53. The SMILES string of the molecule is Cc1cc(C)n(CC2CCCN2C(=O)C(C)n2ccnc2)n1. The molecule has 0 saturated carbocycles. The van der Waals surface area contributed by atoms with Crippen LogP contribution in [0.15, 0.2) is 24.8 Å². The van der Waals surface area contributed by atoms with E-state index in [4.69, 9.17) is 0 Å². The van der Waals surface area contributed by atoms with Crippen molar-refractivity contribution in [3.8, 4) is 0 Å². The topological polar surface area (TPSA) is 56.0 Å². The van der Waals surface area contributed by atoms with Crippen LogP contribution in [0.5, 0.6) is 0 Å². The minimum absolute atomic E-state index is 0.169. The normalized spacial score (nSPS) is 19.6. The lowest BCUT2D eigenvalue weighted by Gasteiger charge is -2.28. The van der Waals surface area contributed by atoms with E-state index in [0.717, 1.165) is 37.3 Å². The van der Waals surface area contributed by atoms with E-state index >= 15 is 0 Å². The van der Waals surface area contributed by atoms with Gasteiger partial charge in [-0.2, -0.15) is 5.10 Å². The van der Waals surface area contributed by atoms with Crippen molar-refractivity contribution < 1.29 is 4.79 Å². The number of aryl methyl sites for hydroxylation is 2. The summed E-state index contributed by atoms with van der Waals surface area (Å²) >= 11 is 0. The first-order valence-electron chi connectivity index (χ1n) is 7.85. The molecule has 0 radical (unpaired) electrons. The molecule has 3 rings (SSSR count). The standard InChI is InChI=1S/C16H23N5O/c1-12-9-13(2)21(18-12)10-15-5-4-7-20(15)16(22)14(3)19-8-6-17-11-19/h6,8-9,11,14-15H,4-5,7,10H2,1-3H3. The lowest BCUT2D eigenvalue weighted by Crippen LogP contribution is -2.41. The van der Waals surface area contributed by atoms with Crippen LogP contribution in [0.4, 0.5) is 0 Å². The minimum Gasteiger partial charge on any atom is -0.336 e. The summed E-state index contributed by atoms with van der Waals surface area (Å²) in [5.41, 5.74) is 2.18. The molecule has 22 heavy (non-hydrogen) atoms. The summed E-state index contributed by atoms with van der Waals surface area (Å²) in [6.45, 7) is 7.62. The molecular formula is C16H23N5O. The van der Waals surface area contributed by atoms with Crippen molar-refractivity contribution >= 4 is 5.91 Å². The van der Waals surface area contributed by atoms with E-state index in [1.165, 1.54) is 0 Å². The second kappa shape index (κ2) is 5.94. The van der Waals surface area contributed by atoms with Crippen LogP contribution in [0.3, 0.4) is 0 Å². The molecule has 2 atom stereocenters. The van der Waals surface area contributed by atoms with Gasteiger partial charge in [-0.15, -0.1) is 0 Å². The van der Waals surface area contributed by atoms with E-state index in [9.17, 15) is 4.79 Å². The van der Waals surface area contributed by atoms with Crippen LogP contribution in [0.25, 0.3) is 0 Å². The predicted molar refractivity (Wildman–Crippen MR) is 83.4 cm³/mol. The number of aromatic nitrogens is 4. The number of likely N-dealkylation sites (tertiary alicyclic amines) is 1. The fourth-order valence-electron chi connectivity index (χ4n) is 3.24. The molecular weight excluding hydrogens is 278 g/mol. The van der Waals surface area contributed by atoms with Gasteiger partial charge >= 0.3 is 0 Å². The van der Waals surface area contributed by atoms with E-state index < -0.39 is 0 Å². The fraction of sp³-hybridized carbons (Fsp3) is 0.562. The maximum atomic E-state index is 12.8. The number of carbonyl (C=O) groups excluding carboxylic acids is 1. The maximum absolute atomic E-state index is 12.8. The van der Waals surface area contributed by atoms with Gasteiger partial charge in [-0.1, -0.05) is 0 Å². The van der Waals surface area contributed by atoms with Gasteiger partial charge in [0.25, 0.3) is 0 Å². The number of nitrogens with zero attached hydrogens (tertiary/aromatic N) is 5. The van der Waals surface area contributed by atoms with E-state index in [-0.39, 0.29) is 18.0 Å². The van der Waals surface area contributed by atoms with Gasteiger partial charge in [-0.25, -0.2) is 4.98 Å². The van der Waals surface area contributed by atoms with Crippen molar-refractivity contribution in [1.82, 2.24) is 24.2 Å². The Morgan fingerprint density at radius 1 is 1.45 bits per heavy atom. The average Bonchev–Trinajstić information content (AvgIpc) is 3.20. The third-order valence-corrected chi connectivity index (χ3v) is 4.48. The third-order valence-electron chi connectivity index (χ3n) is 4.48. The first-order chi connectivity index (χ1) is 10.6. The molecule has 0 N–H and O–H groups in total. The molecule has 1 saturated heterocycles. The van der Waals surface area contributed by atoms with E-state index in [0.29, 0.717) is 0 Å². The van der Waals surface area contributed by atoms with Crippen molar-refractivity contribution in [2.75, 3.05) is 6.54 Å². The Bertz CT molecular complexity index is 646. The summed E-state index contributed by atoms with van der Waals surface area (Å²) in [6.07, 6.45) is 7.36. The zero-order chi connectivity index (χ0) is 15.7. The van der Waals surface area contributed by atoms with E-state index in [2.05, 4.69) is 23.1 Å². The molecule has 1 aliphatic heterocycles. The molecule has 1 aliphatic rings. The molecule has 2 aromatic heterocycles. The maximum Gasteiger partial charge on any atom is 0.245 e. The molecule has 118 valence electrons. The van der Waals surface area contributed by atoms with Crippen LogP contribution >= 0.6 is 0 Å². The predicted octanol–water partition coefficient (Wildman–Crippen LogP) is 1.95. The lowest BCUT2D eigenvalue weighted by atomic mass is 10.2. The largest absolute Gasteiger partial charge is 0.336 e. The Labute approximate surface area is 130 Å². The highest BCUT2D eigenvalue weighted by atomic mass is 16.2. The summed E-state index contributed by atoms with van der Waals surface area (Å²) < 4.78 is 3.88. The summed E-state index contributed by atoms with van der Waals surface area (Å²) in [5.74, 6) is 0.169. The molecule has 6 nitrogen and oxygen atoms in total. The first-order valence-corrected chi connectivity index (χ1v) is 7.85. The van der Waals surface area contributed by atoms with E-state index in [1.807, 2.05) is 34.2 Å². The van der Waals surface area contributed by atoms with E-state index in [1.54, 1.807) is 12.5 Å². The molecule has 1 amide bonds. The molecule has 0 bridgehead atoms. The lowest BCUT2D eigenvalue weighted by molar-refractivity contribution is -0.135. The van der Waals surface area contributed by atoms with Crippen LogP contribution in [-0.2, 0) is 11.3 Å². The molecule has 3 heterocycles. The van der Waals surface area contributed by atoms with Gasteiger partial charge in [0.15, 0.2) is 0 Å². The van der Waals surface area contributed by atoms with Crippen LogP contribution < -0.4 is 0 Å². The minimum atomic E-state index is -0.205. The van der Waals surface area contributed by atoms with Gasteiger partial charge in [0.2, 0.25) is 5.91 Å². The highest BCUT2D eigenvalue weighted by molar-refractivity contribution is 5.80. The quantitative estimate of drug-likeness (QED) is 0.867. The number of imidazole rings is 1. The number of rotatable bonds is 4. The van der Waals surface area contributed by atoms with Gasteiger partial charge in [0, 0.05) is 24.6 Å². The summed E-state index contributed by atoms with van der Waals surface area (Å²) in [6, 6.07) is 2.11. The molecule has 1 fully saturated rings. The second-order valence-electron chi connectivity index (χ2n) is 6.12. The van der Waals surface area contributed by atoms with Gasteiger partial charge in [-0.05, 0) is 39.7 Å². The van der Waals surface area contributed by atoms with Crippen LogP contribution in [-0.4, -0.2) is 42.7 Å². The molecule has 6 heteroatoms.